The third-order valence-corrected chi connectivity index (χ3v) is 3.79. The number of allylic oxidation sites excluding steroid dienone is 9. The van der Waals surface area contributed by atoms with Crippen molar-refractivity contribution in [1.29, 1.82) is 0 Å². The number of hydrogen-bond acceptors (Lipinski definition) is 4. The molecule has 0 atom stereocenters. The fourth-order valence-electron chi connectivity index (χ4n) is 2.38. The van der Waals surface area contributed by atoms with Gasteiger partial charge in [0, 0.05) is 12.5 Å². The van der Waals surface area contributed by atoms with Crippen LogP contribution in [-0.2, 0) is 4.79 Å². The summed E-state index contributed by atoms with van der Waals surface area (Å²) in [6.45, 7) is 0. The molecule has 27 heavy (non-hydrogen) atoms. The molecular weight excluding hydrogens is 344 g/mol. The van der Waals surface area contributed by atoms with Gasteiger partial charge in [0.05, 0.1) is 0 Å². The molecule has 152 valence electrons. The van der Waals surface area contributed by atoms with Crippen LogP contribution >= 0.6 is 0 Å². The fraction of sp³-hybridized carbons (Fsp3) is 0.500. The molecule has 0 rings (SSSR count). The summed E-state index contributed by atoms with van der Waals surface area (Å²) in [5, 5.41) is 34.7. The van der Waals surface area contributed by atoms with Gasteiger partial charge >= 0.3 is 5.97 Å². The summed E-state index contributed by atoms with van der Waals surface area (Å²) < 4.78 is 0. The van der Waals surface area contributed by atoms with Crippen LogP contribution in [0.4, 0.5) is 0 Å². The molecule has 0 aromatic carbocycles. The molecule has 0 saturated heterocycles. The Balaban J connectivity index is 3.43. The van der Waals surface area contributed by atoms with E-state index >= 15 is 0 Å². The van der Waals surface area contributed by atoms with Gasteiger partial charge in [0.25, 0.3) is 5.97 Å². The maximum Gasteiger partial charge on any atom is 0.328 e. The number of carboxylic acid groups (broad SMARTS) is 1. The molecular formula is C22H34O5. The number of carboxylic acids is 1. The molecule has 0 aromatic rings. The van der Waals surface area contributed by atoms with Gasteiger partial charge in [-0.3, -0.25) is 0 Å². The predicted molar refractivity (Wildman–Crippen MR) is 109 cm³/mol. The first-order chi connectivity index (χ1) is 12.9. The van der Waals surface area contributed by atoms with Crippen LogP contribution < -0.4 is 0 Å². The highest BCUT2D eigenvalue weighted by Crippen LogP contribution is 2.13. The zero-order chi connectivity index (χ0) is 20.2. The Kier molecular flexibility index (Phi) is 16.2. The molecule has 5 nitrogen and oxygen atoms in total. The third kappa shape index (κ3) is 24.1. The van der Waals surface area contributed by atoms with E-state index in [1.807, 2.05) is 30.4 Å². The van der Waals surface area contributed by atoms with Crippen LogP contribution in [0.2, 0.25) is 0 Å². The van der Waals surface area contributed by atoms with Gasteiger partial charge in [0.1, 0.15) is 0 Å². The fourth-order valence-corrected chi connectivity index (χ4v) is 2.38. The van der Waals surface area contributed by atoms with Crippen molar-refractivity contribution in [1.82, 2.24) is 0 Å². The molecule has 0 aromatic heterocycles. The normalized spacial score (nSPS) is 13.3. The minimum atomic E-state index is -2.50. The van der Waals surface area contributed by atoms with Gasteiger partial charge in [-0.25, -0.2) is 4.79 Å². The van der Waals surface area contributed by atoms with Crippen molar-refractivity contribution < 1.29 is 25.2 Å². The smallest absolute Gasteiger partial charge is 0.328 e. The first kappa shape index (κ1) is 25.1. The zero-order valence-electron chi connectivity index (χ0n) is 16.0. The van der Waals surface area contributed by atoms with Crippen LogP contribution in [0, 0.1) is 0 Å². The Hall–Kier alpha value is -1.95. The Labute approximate surface area is 162 Å². The first-order valence-corrected chi connectivity index (χ1v) is 9.65. The third-order valence-electron chi connectivity index (χ3n) is 3.79. The van der Waals surface area contributed by atoms with Crippen LogP contribution in [0.15, 0.2) is 60.8 Å². The summed E-state index contributed by atoms with van der Waals surface area (Å²) in [7, 11) is 0. The van der Waals surface area contributed by atoms with Crippen LogP contribution in [0.1, 0.15) is 64.2 Å². The highest BCUT2D eigenvalue weighted by atomic mass is 16.7. The highest BCUT2D eigenvalue weighted by molar-refractivity contribution is 5.80. The molecule has 0 unspecified atom stereocenters. The maximum atomic E-state index is 10.2. The van der Waals surface area contributed by atoms with Crippen LogP contribution in [0.5, 0.6) is 0 Å². The van der Waals surface area contributed by atoms with Crippen molar-refractivity contribution in [2.45, 2.75) is 70.2 Å². The van der Waals surface area contributed by atoms with Gasteiger partial charge in [0.2, 0.25) is 0 Å². The number of aliphatic carboxylic acids is 1. The van der Waals surface area contributed by atoms with Crippen LogP contribution in [0.3, 0.4) is 0 Å². The summed E-state index contributed by atoms with van der Waals surface area (Å²) >= 11 is 0. The Morgan fingerprint density at radius 3 is 1.59 bits per heavy atom. The molecule has 0 heterocycles. The average molecular weight is 379 g/mol. The number of hydrogen-bond donors (Lipinski definition) is 4. The van der Waals surface area contributed by atoms with Gasteiger partial charge in [-0.1, -0.05) is 93.2 Å². The minimum Gasteiger partial charge on any atom is -0.478 e. The van der Waals surface area contributed by atoms with Gasteiger partial charge in [-0.15, -0.1) is 0 Å². The number of rotatable bonds is 16. The van der Waals surface area contributed by atoms with Crippen molar-refractivity contribution in [3.63, 3.8) is 0 Å². The van der Waals surface area contributed by atoms with E-state index in [2.05, 4.69) is 6.08 Å². The molecule has 0 aliphatic rings. The van der Waals surface area contributed by atoms with Crippen molar-refractivity contribution in [3.05, 3.63) is 60.8 Å². The quantitative estimate of drug-likeness (QED) is 0.138. The van der Waals surface area contributed by atoms with Gasteiger partial charge in [0.15, 0.2) is 0 Å². The Morgan fingerprint density at radius 1 is 0.630 bits per heavy atom. The van der Waals surface area contributed by atoms with E-state index in [0.717, 1.165) is 31.8 Å². The predicted octanol–water partition coefficient (Wildman–Crippen LogP) is 4.38. The average Bonchev–Trinajstić information content (AvgIpc) is 2.58. The van der Waals surface area contributed by atoms with Crippen molar-refractivity contribution in [2.24, 2.45) is 0 Å². The number of unbranched alkanes of at least 4 members (excludes halogenated alkanes) is 8. The summed E-state index contributed by atoms with van der Waals surface area (Å²) in [5.41, 5.74) is 0. The van der Waals surface area contributed by atoms with Gasteiger partial charge in [-0.2, -0.15) is 0 Å². The summed E-state index contributed by atoms with van der Waals surface area (Å²) in [6, 6.07) is 0. The lowest BCUT2D eigenvalue weighted by molar-refractivity contribution is -0.315. The second-order valence-electron chi connectivity index (χ2n) is 6.42. The van der Waals surface area contributed by atoms with Gasteiger partial charge in [-0.05, 0) is 19.3 Å². The summed E-state index contributed by atoms with van der Waals surface area (Å²) in [5.74, 6) is -3.46. The molecule has 4 N–H and O–H groups in total. The van der Waals surface area contributed by atoms with E-state index < -0.39 is 11.9 Å². The van der Waals surface area contributed by atoms with Crippen LogP contribution in [0.25, 0.3) is 0 Å². The second-order valence-corrected chi connectivity index (χ2v) is 6.42. The van der Waals surface area contributed by atoms with E-state index in [1.165, 1.54) is 31.8 Å². The highest BCUT2D eigenvalue weighted by Gasteiger charge is 2.16. The van der Waals surface area contributed by atoms with E-state index in [1.54, 1.807) is 12.2 Å². The molecule has 0 spiro atoms. The van der Waals surface area contributed by atoms with E-state index in [0.29, 0.717) is 6.42 Å². The molecule has 0 amide bonds. The van der Waals surface area contributed by atoms with Crippen LogP contribution in [-0.4, -0.2) is 32.4 Å². The largest absolute Gasteiger partial charge is 0.478 e. The Morgan fingerprint density at radius 2 is 1.07 bits per heavy atom. The minimum absolute atomic E-state index is 0.0183. The van der Waals surface area contributed by atoms with Gasteiger partial charge < -0.3 is 20.4 Å². The van der Waals surface area contributed by atoms with Crippen molar-refractivity contribution in [2.75, 3.05) is 0 Å². The topological polar surface area (TPSA) is 98.0 Å². The lowest BCUT2D eigenvalue weighted by Gasteiger charge is -2.12. The van der Waals surface area contributed by atoms with Crippen molar-refractivity contribution >= 4 is 5.97 Å². The second kappa shape index (κ2) is 17.5. The lowest BCUT2D eigenvalue weighted by Crippen LogP contribution is -2.26. The summed E-state index contributed by atoms with van der Waals surface area (Å²) in [6.07, 6.45) is 27.5. The molecule has 0 radical (unpaired) electrons. The van der Waals surface area contributed by atoms with E-state index in [4.69, 9.17) is 20.4 Å². The SMILES string of the molecule is O=C(O)C=CC=CC=CC=CC=CCCCCCCCCCCC(O)(O)O. The lowest BCUT2D eigenvalue weighted by atomic mass is 10.1. The van der Waals surface area contributed by atoms with Crippen molar-refractivity contribution in [3.8, 4) is 0 Å². The molecule has 0 fully saturated rings. The molecule has 0 bridgehead atoms. The van der Waals surface area contributed by atoms with E-state index in [9.17, 15) is 4.79 Å². The zero-order valence-corrected chi connectivity index (χ0v) is 16.0. The van der Waals surface area contributed by atoms with E-state index in [-0.39, 0.29) is 6.42 Å². The number of carbonyl (C=O) groups is 1. The summed E-state index contributed by atoms with van der Waals surface area (Å²) in [4.78, 5) is 10.2. The number of aliphatic hydroxyl groups is 3. The molecule has 0 aliphatic heterocycles. The maximum absolute atomic E-state index is 10.2. The Bertz CT molecular complexity index is 507. The standard InChI is InChI=1S/C22H34O5/c23-21(24)19-17-15-13-11-9-7-5-3-1-2-4-6-8-10-12-14-16-18-20-22(25,26)27/h1,3,5,7,9,11,13,15,17,19,25-27H,2,4,6,8,10,12,14,16,18,20H2,(H,23,24). The molecule has 5 heteroatoms. The monoisotopic (exact) mass is 378 g/mol. The first-order valence-electron chi connectivity index (χ1n) is 9.65. The molecule has 0 aliphatic carbocycles. The molecule has 0 saturated carbocycles.